The summed E-state index contributed by atoms with van der Waals surface area (Å²) in [5.74, 6) is -0.395. The third-order valence-corrected chi connectivity index (χ3v) is 2.17. The maximum atomic E-state index is 10.7. The van der Waals surface area contributed by atoms with Crippen molar-refractivity contribution < 1.29 is 33.2 Å². The first-order valence-corrected chi connectivity index (χ1v) is 6.87. The van der Waals surface area contributed by atoms with Crippen molar-refractivity contribution in [2.45, 2.75) is 0 Å². The highest BCUT2D eigenvalue weighted by molar-refractivity contribution is 5.70. The van der Waals surface area contributed by atoms with Crippen LogP contribution in [0.1, 0.15) is 0 Å². The molecule has 0 N–H and O–H groups in total. The largest absolute Gasteiger partial charge is 0.467 e. The molecule has 0 atom stereocenters. The van der Waals surface area contributed by atoms with Crippen LogP contribution in [-0.4, -0.2) is 79.1 Å². The molecule has 0 unspecified atom stereocenters. The molecule has 0 spiro atoms. The zero-order valence-corrected chi connectivity index (χ0v) is 12.7. The summed E-state index contributed by atoms with van der Waals surface area (Å²) in [4.78, 5) is 10.7. The Labute approximate surface area is 126 Å². The van der Waals surface area contributed by atoms with E-state index in [1.807, 2.05) is 0 Å². The molecular formula is C14H26O7. The molecule has 21 heavy (non-hydrogen) atoms. The SMILES string of the molecule is C=CCOCCOCCOCCOCCOCC(=O)OC. The van der Waals surface area contributed by atoms with E-state index in [0.717, 1.165) is 0 Å². The van der Waals surface area contributed by atoms with E-state index in [2.05, 4.69) is 11.3 Å². The fourth-order valence-corrected chi connectivity index (χ4v) is 1.16. The molecule has 0 aromatic rings. The number of hydrogen-bond acceptors (Lipinski definition) is 7. The fraction of sp³-hybridized carbons (Fsp3) is 0.786. The number of carbonyl (C=O) groups is 1. The molecule has 0 fully saturated rings. The number of esters is 1. The monoisotopic (exact) mass is 306 g/mol. The molecule has 7 nitrogen and oxygen atoms in total. The van der Waals surface area contributed by atoms with Crippen LogP contribution in [0.5, 0.6) is 0 Å². The lowest BCUT2D eigenvalue weighted by molar-refractivity contribution is -0.146. The molecule has 0 aliphatic heterocycles. The minimum absolute atomic E-state index is 0.0514. The molecule has 0 saturated heterocycles. The highest BCUT2D eigenvalue weighted by atomic mass is 16.6. The minimum Gasteiger partial charge on any atom is -0.467 e. The zero-order valence-electron chi connectivity index (χ0n) is 12.7. The summed E-state index contributed by atoms with van der Waals surface area (Å²) in [6.07, 6.45) is 1.70. The molecule has 7 heteroatoms. The van der Waals surface area contributed by atoms with Crippen molar-refractivity contribution in [3.8, 4) is 0 Å². The second-order valence-corrected chi connectivity index (χ2v) is 3.83. The average molecular weight is 306 g/mol. The number of carbonyl (C=O) groups excluding carboxylic acids is 1. The first kappa shape index (κ1) is 20.0. The van der Waals surface area contributed by atoms with Crippen LogP contribution >= 0.6 is 0 Å². The third-order valence-electron chi connectivity index (χ3n) is 2.17. The van der Waals surface area contributed by atoms with Gasteiger partial charge in [0.1, 0.15) is 6.61 Å². The molecule has 0 heterocycles. The number of hydrogen-bond donors (Lipinski definition) is 0. The molecule has 124 valence electrons. The van der Waals surface area contributed by atoms with E-state index in [1.165, 1.54) is 7.11 Å². The summed E-state index contributed by atoms with van der Waals surface area (Å²) in [6, 6.07) is 0. The summed E-state index contributed by atoms with van der Waals surface area (Å²) >= 11 is 0. The van der Waals surface area contributed by atoms with Gasteiger partial charge in [-0.15, -0.1) is 6.58 Å². The predicted octanol–water partition coefficient (Wildman–Crippen LogP) is 0.428. The molecule has 0 aliphatic carbocycles. The van der Waals surface area contributed by atoms with Gasteiger partial charge in [-0.05, 0) is 0 Å². The Hall–Kier alpha value is -0.990. The van der Waals surface area contributed by atoms with Gasteiger partial charge in [0.15, 0.2) is 0 Å². The molecule has 0 amide bonds. The summed E-state index contributed by atoms with van der Waals surface area (Å²) in [5.41, 5.74) is 0. The summed E-state index contributed by atoms with van der Waals surface area (Å²) in [6.45, 7) is 7.92. The van der Waals surface area contributed by atoms with Gasteiger partial charge < -0.3 is 28.4 Å². The van der Waals surface area contributed by atoms with Crippen LogP contribution in [0.2, 0.25) is 0 Å². The van der Waals surface area contributed by atoms with Crippen molar-refractivity contribution in [1.82, 2.24) is 0 Å². The second-order valence-electron chi connectivity index (χ2n) is 3.83. The van der Waals surface area contributed by atoms with Gasteiger partial charge in [0.2, 0.25) is 0 Å². The van der Waals surface area contributed by atoms with Crippen LogP contribution in [0.3, 0.4) is 0 Å². The Balaban J connectivity index is 2.99. The Morgan fingerprint density at radius 2 is 1.24 bits per heavy atom. The van der Waals surface area contributed by atoms with Crippen LogP contribution in [0.4, 0.5) is 0 Å². The average Bonchev–Trinajstić information content (AvgIpc) is 2.50. The smallest absolute Gasteiger partial charge is 0.331 e. The van der Waals surface area contributed by atoms with Crippen LogP contribution in [0.15, 0.2) is 12.7 Å². The van der Waals surface area contributed by atoms with E-state index >= 15 is 0 Å². The van der Waals surface area contributed by atoms with Crippen molar-refractivity contribution in [3.05, 3.63) is 12.7 Å². The Morgan fingerprint density at radius 3 is 1.67 bits per heavy atom. The first-order valence-electron chi connectivity index (χ1n) is 6.87. The lowest BCUT2D eigenvalue weighted by Crippen LogP contribution is -2.15. The van der Waals surface area contributed by atoms with Gasteiger partial charge in [-0.25, -0.2) is 4.79 Å². The fourth-order valence-electron chi connectivity index (χ4n) is 1.16. The summed E-state index contributed by atoms with van der Waals surface area (Å²) in [5, 5.41) is 0. The van der Waals surface area contributed by atoms with Gasteiger partial charge in [0, 0.05) is 0 Å². The highest BCUT2D eigenvalue weighted by Gasteiger charge is 1.98. The quantitative estimate of drug-likeness (QED) is 0.232. The lowest BCUT2D eigenvalue weighted by atomic mass is 10.6. The van der Waals surface area contributed by atoms with Crippen LogP contribution < -0.4 is 0 Å². The molecule has 0 aromatic heterocycles. The molecular weight excluding hydrogens is 280 g/mol. The van der Waals surface area contributed by atoms with E-state index in [4.69, 9.17) is 23.7 Å². The van der Waals surface area contributed by atoms with Crippen LogP contribution in [-0.2, 0) is 33.2 Å². The van der Waals surface area contributed by atoms with Crippen molar-refractivity contribution in [3.63, 3.8) is 0 Å². The first-order chi connectivity index (χ1) is 10.3. The van der Waals surface area contributed by atoms with Gasteiger partial charge >= 0.3 is 5.97 Å². The van der Waals surface area contributed by atoms with Gasteiger partial charge in [-0.2, -0.15) is 0 Å². The maximum absolute atomic E-state index is 10.7. The molecule has 0 radical (unpaired) electrons. The zero-order chi connectivity index (χ0) is 15.6. The van der Waals surface area contributed by atoms with Gasteiger partial charge in [-0.3, -0.25) is 0 Å². The Bertz CT molecular complexity index is 245. The van der Waals surface area contributed by atoms with E-state index in [9.17, 15) is 4.79 Å². The Morgan fingerprint density at radius 1 is 0.810 bits per heavy atom. The highest BCUT2D eigenvalue weighted by Crippen LogP contribution is 1.84. The van der Waals surface area contributed by atoms with Crippen molar-refractivity contribution in [2.24, 2.45) is 0 Å². The molecule has 0 bridgehead atoms. The minimum atomic E-state index is -0.395. The predicted molar refractivity (Wildman–Crippen MR) is 76.3 cm³/mol. The van der Waals surface area contributed by atoms with Gasteiger partial charge in [-0.1, -0.05) is 6.08 Å². The maximum Gasteiger partial charge on any atom is 0.331 e. The lowest BCUT2D eigenvalue weighted by Gasteiger charge is -2.07. The number of ether oxygens (including phenoxy) is 6. The topological polar surface area (TPSA) is 72.5 Å². The molecule has 0 saturated carbocycles. The van der Waals surface area contributed by atoms with Crippen molar-refractivity contribution in [2.75, 3.05) is 73.2 Å². The molecule has 0 rings (SSSR count). The van der Waals surface area contributed by atoms with E-state index in [-0.39, 0.29) is 6.61 Å². The second kappa shape index (κ2) is 17.1. The number of methoxy groups -OCH3 is 1. The van der Waals surface area contributed by atoms with Crippen molar-refractivity contribution in [1.29, 1.82) is 0 Å². The van der Waals surface area contributed by atoms with Crippen molar-refractivity contribution >= 4 is 5.97 Å². The van der Waals surface area contributed by atoms with Gasteiger partial charge in [0.05, 0.1) is 66.6 Å². The molecule has 0 aliphatic rings. The van der Waals surface area contributed by atoms with Gasteiger partial charge in [0.25, 0.3) is 0 Å². The molecule has 0 aromatic carbocycles. The summed E-state index contributed by atoms with van der Waals surface area (Å²) in [7, 11) is 1.32. The summed E-state index contributed by atoms with van der Waals surface area (Å²) < 4.78 is 30.4. The van der Waals surface area contributed by atoms with E-state index in [1.54, 1.807) is 6.08 Å². The van der Waals surface area contributed by atoms with E-state index < -0.39 is 5.97 Å². The van der Waals surface area contributed by atoms with Crippen LogP contribution in [0, 0.1) is 0 Å². The standard InChI is InChI=1S/C14H26O7/c1-3-4-17-5-6-18-7-8-19-9-10-20-11-12-21-13-14(15)16-2/h3H,1,4-13H2,2H3. The number of rotatable bonds is 16. The van der Waals surface area contributed by atoms with E-state index in [0.29, 0.717) is 59.5 Å². The van der Waals surface area contributed by atoms with Crippen LogP contribution in [0.25, 0.3) is 0 Å². The normalized spacial score (nSPS) is 10.5. The Kier molecular flexibility index (Phi) is 16.3. The third kappa shape index (κ3) is 17.0.